The van der Waals surface area contributed by atoms with Gasteiger partial charge < -0.3 is 24.4 Å². The topological polar surface area (TPSA) is 60.0 Å². The van der Waals surface area contributed by atoms with Gasteiger partial charge in [0.05, 0.1) is 19.7 Å². The maximum atomic E-state index is 12.8. The number of hydrogen-bond donors (Lipinski definition) is 1. The van der Waals surface area contributed by atoms with Gasteiger partial charge in [-0.15, -0.1) is 0 Å². The molecule has 6 heteroatoms. The highest BCUT2D eigenvalue weighted by Gasteiger charge is 2.31. The summed E-state index contributed by atoms with van der Waals surface area (Å²) in [5, 5.41) is 3.00. The molecular formula is C21H24N2O4. The van der Waals surface area contributed by atoms with Crippen LogP contribution in [0, 0.1) is 0 Å². The Morgan fingerprint density at radius 3 is 2.93 bits per heavy atom. The standard InChI is InChI=1S/C21H24N2O4/c1-25-16-7-4-6-15(12-16)18-8-5-11-23(18)21(24)22-13-17-14-26-19-9-2-3-10-20(19)27-17/h2-4,6-7,9-10,12,17-18H,5,8,11,13-14H2,1H3,(H,22,24). The number of carbonyl (C=O) groups is 1. The molecule has 2 heterocycles. The lowest BCUT2D eigenvalue weighted by molar-refractivity contribution is 0.0898. The minimum Gasteiger partial charge on any atom is -0.497 e. The van der Waals surface area contributed by atoms with Gasteiger partial charge in [-0.25, -0.2) is 4.79 Å². The van der Waals surface area contributed by atoms with E-state index in [2.05, 4.69) is 5.32 Å². The van der Waals surface area contributed by atoms with E-state index in [1.807, 2.05) is 53.4 Å². The average Bonchev–Trinajstić information content (AvgIpc) is 3.22. The smallest absolute Gasteiger partial charge is 0.318 e. The number of urea groups is 1. The van der Waals surface area contributed by atoms with E-state index in [4.69, 9.17) is 14.2 Å². The Hall–Kier alpha value is -2.89. The lowest BCUT2D eigenvalue weighted by atomic mass is 10.0. The molecule has 0 saturated carbocycles. The van der Waals surface area contributed by atoms with Crippen LogP contribution in [-0.2, 0) is 0 Å². The Labute approximate surface area is 159 Å². The van der Waals surface area contributed by atoms with Crippen LogP contribution in [0.4, 0.5) is 4.79 Å². The van der Waals surface area contributed by atoms with Gasteiger partial charge in [0, 0.05) is 6.54 Å². The van der Waals surface area contributed by atoms with Crippen molar-refractivity contribution in [2.45, 2.75) is 25.0 Å². The molecule has 1 saturated heterocycles. The molecule has 0 aliphatic carbocycles. The van der Waals surface area contributed by atoms with Crippen LogP contribution in [0.3, 0.4) is 0 Å². The summed E-state index contributed by atoms with van der Waals surface area (Å²) < 4.78 is 16.9. The summed E-state index contributed by atoms with van der Waals surface area (Å²) in [6.07, 6.45) is 1.75. The van der Waals surface area contributed by atoms with Crippen LogP contribution in [0.2, 0.25) is 0 Å². The Bertz CT molecular complexity index is 810. The summed E-state index contributed by atoms with van der Waals surface area (Å²) in [4.78, 5) is 14.7. The molecule has 2 atom stereocenters. The fourth-order valence-electron chi connectivity index (χ4n) is 3.67. The zero-order chi connectivity index (χ0) is 18.6. The number of amides is 2. The van der Waals surface area contributed by atoms with E-state index in [9.17, 15) is 4.79 Å². The van der Waals surface area contributed by atoms with Crippen LogP contribution in [0.25, 0.3) is 0 Å². The highest BCUT2D eigenvalue weighted by atomic mass is 16.6. The number of carbonyl (C=O) groups excluding carboxylic acids is 1. The highest BCUT2D eigenvalue weighted by Crippen LogP contribution is 2.34. The van der Waals surface area contributed by atoms with E-state index in [1.54, 1.807) is 7.11 Å². The molecule has 2 aliphatic heterocycles. The van der Waals surface area contributed by atoms with Crippen molar-refractivity contribution in [1.82, 2.24) is 10.2 Å². The molecule has 2 aromatic carbocycles. The van der Waals surface area contributed by atoms with Crippen LogP contribution in [0.1, 0.15) is 24.4 Å². The summed E-state index contributed by atoms with van der Waals surface area (Å²) >= 11 is 0. The number of likely N-dealkylation sites (tertiary alicyclic amines) is 1. The molecule has 0 aromatic heterocycles. The quantitative estimate of drug-likeness (QED) is 0.899. The first kappa shape index (κ1) is 17.5. The SMILES string of the molecule is COc1cccc(C2CCCN2C(=O)NCC2COc3ccccc3O2)c1. The molecule has 0 radical (unpaired) electrons. The summed E-state index contributed by atoms with van der Waals surface area (Å²) in [5.41, 5.74) is 1.10. The van der Waals surface area contributed by atoms with Crippen LogP contribution in [0.15, 0.2) is 48.5 Å². The first-order valence-corrected chi connectivity index (χ1v) is 9.31. The van der Waals surface area contributed by atoms with Crippen molar-refractivity contribution in [1.29, 1.82) is 0 Å². The zero-order valence-electron chi connectivity index (χ0n) is 15.4. The minimum absolute atomic E-state index is 0.0669. The van der Waals surface area contributed by atoms with Crippen LogP contribution in [-0.4, -0.2) is 43.8 Å². The Morgan fingerprint density at radius 2 is 2.07 bits per heavy atom. The third-order valence-corrected chi connectivity index (χ3v) is 5.04. The van der Waals surface area contributed by atoms with Crippen molar-refractivity contribution in [3.63, 3.8) is 0 Å². The molecule has 2 aliphatic rings. The number of nitrogens with one attached hydrogen (secondary N) is 1. The van der Waals surface area contributed by atoms with Crippen molar-refractivity contribution in [3.8, 4) is 17.2 Å². The number of methoxy groups -OCH3 is 1. The molecule has 2 aromatic rings. The highest BCUT2D eigenvalue weighted by molar-refractivity contribution is 5.75. The molecule has 0 spiro atoms. The van der Waals surface area contributed by atoms with Gasteiger partial charge in [0.2, 0.25) is 0 Å². The van der Waals surface area contributed by atoms with Crippen LogP contribution >= 0.6 is 0 Å². The third kappa shape index (κ3) is 3.79. The normalized spacial score (nSPS) is 21.0. The second-order valence-corrected chi connectivity index (χ2v) is 6.81. The predicted octanol–water partition coefficient (Wildman–Crippen LogP) is 3.38. The fraction of sp³-hybridized carbons (Fsp3) is 0.381. The van der Waals surface area contributed by atoms with Crippen molar-refractivity contribution in [3.05, 3.63) is 54.1 Å². The first-order valence-electron chi connectivity index (χ1n) is 9.31. The maximum Gasteiger partial charge on any atom is 0.318 e. The van der Waals surface area contributed by atoms with Crippen molar-refractivity contribution >= 4 is 6.03 Å². The minimum atomic E-state index is -0.193. The molecule has 1 N–H and O–H groups in total. The van der Waals surface area contributed by atoms with E-state index >= 15 is 0 Å². The van der Waals surface area contributed by atoms with Gasteiger partial charge in [0.25, 0.3) is 0 Å². The molecule has 6 nitrogen and oxygen atoms in total. The van der Waals surface area contributed by atoms with Crippen molar-refractivity contribution < 1.29 is 19.0 Å². The van der Waals surface area contributed by atoms with E-state index in [-0.39, 0.29) is 18.2 Å². The monoisotopic (exact) mass is 368 g/mol. The van der Waals surface area contributed by atoms with Crippen LogP contribution < -0.4 is 19.5 Å². The lowest BCUT2D eigenvalue weighted by Gasteiger charge is -2.29. The molecule has 27 heavy (non-hydrogen) atoms. The maximum absolute atomic E-state index is 12.8. The number of fused-ring (bicyclic) bond motifs is 1. The zero-order valence-corrected chi connectivity index (χ0v) is 15.4. The molecule has 1 fully saturated rings. The third-order valence-electron chi connectivity index (χ3n) is 5.04. The Kier molecular flexibility index (Phi) is 5.05. The summed E-state index contributed by atoms with van der Waals surface area (Å²) in [6.45, 7) is 1.59. The summed E-state index contributed by atoms with van der Waals surface area (Å²) in [6, 6.07) is 15.5. The molecule has 142 valence electrons. The van der Waals surface area contributed by atoms with Crippen molar-refractivity contribution in [2.24, 2.45) is 0 Å². The van der Waals surface area contributed by atoms with Crippen LogP contribution in [0.5, 0.6) is 17.2 Å². The molecule has 0 bridgehead atoms. The number of benzene rings is 2. The van der Waals surface area contributed by atoms with Gasteiger partial charge in [-0.2, -0.15) is 0 Å². The van der Waals surface area contributed by atoms with E-state index in [1.165, 1.54) is 0 Å². The molecule has 2 unspecified atom stereocenters. The molecule has 2 amide bonds. The number of rotatable bonds is 4. The lowest BCUT2D eigenvalue weighted by Crippen LogP contribution is -2.46. The van der Waals surface area contributed by atoms with Gasteiger partial charge in [0.15, 0.2) is 17.6 Å². The number of ether oxygens (including phenoxy) is 3. The second-order valence-electron chi connectivity index (χ2n) is 6.81. The van der Waals surface area contributed by atoms with Gasteiger partial charge in [-0.1, -0.05) is 24.3 Å². The van der Waals surface area contributed by atoms with E-state index in [0.29, 0.717) is 13.2 Å². The first-order chi connectivity index (χ1) is 13.2. The van der Waals surface area contributed by atoms with E-state index in [0.717, 1.165) is 42.2 Å². The summed E-state index contributed by atoms with van der Waals surface area (Å²) in [5.74, 6) is 2.28. The molecule has 4 rings (SSSR count). The average molecular weight is 368 g/mol. The number of hydrogen-bond acceptors (Lipinski definition) is 4. The molecular weight excluding hydrogens is 344 g/mol. The number of nitrogens with zero attached hydrogens (tertiary/aromatic N) is 1. The number of para-hydroxylation sites is 2. The van der Waals surface area contributed by atoms with Crippen molar-refractivity contribution in [2.75, 3.05) is 26.8 Å². The fourth-order valence-corrected chi connectivity index (χ4v) is 3.67. The van der Waals surface area contributed by atoms with Gasteiger partial charge in [0.1, 0.15) is 12.4 Å². The van der Waals surface area contributed by atoms with E-state index < -0.39 is 0 Å². The predicted molar refractivity (Wildman–Crippen MR) is 101 cm³/mol. The largest absolute Gasteiger partial charge is 0.497 e. The summed E-state index contributed by atoms with van der Waals surface area (Å²) in [7, 11) is 1.66. The van der Waals surface area contributed by atoms with Gasteiger partial charge in [-0.3, -0.25) is 0 Å². The second kappa shape index (κ2) is 7.78. The van der Waals surface area contributed by atoms with Gasteiger partial charge >= 0.3 is 6.03 Å². The van der Waals surface area contributed by atoms with Gasteiger partial charge in [-0.05, 0) is 42.7 Å². The Morgan fingerprint density at radius 1 is 1.22 bits per heavy atom. The Balaban J connectivity index is 1.36.